The van der Waals surface area contributed by atoms with E-state index in [9.17, 15) is 10.2 Å². The Hall–Kier alpha value is 0.0969. The van der Waals surface area contributed by atoms with Crippen LogP contribution in [0.4, 0.5) is 0 Å². The summed E-state index contributed by atoms with van der Waals surface area (Å²) in [6.07, 6.45) is 2.45. The summed E-state index contributed by atoms with van der Waals surface area (Å²) in [4.78, 5) is 0. The minimum absolute atomic E-state index is 0.0681. The molecule has 0 radical (unpaired) electrons. The minimum Gasteiger partial charge on any atom is -0.413 e. The maximum absolute atomic E-state index is 10.7. The van der Waals surface area contributed by atoms with Gasteiger partial charge in [-0.05, 0) is 55.7 Å². The van der Waals surface area contributed by atoms with Crippen molar-refractivity contribution in [2.45, 2.75) is 90.6 Å². The maximum atomic E-state index is 10.7. The SMILES string of the molecule is CC1(C)[C@@H](O[Si](C)(C)C(C)(C)C)CC[C@@](C)(O)[C@@H]1CCO. The van der Waals surface area contributed by atoms with Crippen molar-refractivity contribution in [3.63, 3.8) is 0 Å². The van der Waals surface area contributed by atoms with Gasteiger partial charge < -0.3 is 14.6 Å². The zero-order chi connectivity index (χ0) is 16.7. The molecule has 1 aliphatic rings. The lowest BCUT2D eigenvalue weighted by Crippen LogP contribution is -2.57. The van der Waals surface area contributed by atoms with Crippen molar-refractivity contribution in [3.8, 4) is 0 Å². The highest BCUT2D eigenvalue weighted by Gasteiger charge is 2.53. The first-order chi connectivity index (χ1) is 9.25. The predicted molar refractivity (Wildman–Crippen MR) is 90.9 cm³/mol. The Morgan fingerprint density at radius 3 is 2.14 bits per heavy atom. The fourth-order valence-corrected chi connectivity index (χ4v) is 5.04. The Bertz CT molecular complexity index is 356. The van der Waals surface area contributed by atoms with E-state index in [4.69, 9.17) is 4.43 Å². The third kappa shape index (κ3) is 3.90. The van der Waals surface area contributed by atoms with Crippen LogP contribution in [0.3, 0.4) is 0 Å². The number of rotatable bonds is 4. The van der Waals surface area contributed by atoms with Gasteiger partial charge in [-0.1, -0.05) is 34.6 Å². The van der Waals surface area contributed by atoms with Gasteiger partial charge >= 0.3 is 0 Å². The topological polar surface area (TPSA) is 49.7 Å². The molecule has 0 bridgehead atoms. The quantitative estimate of drug-likeness (QED) is 0.772. The van der Waals surface area contributed by atoms with E-state index in [1.807, 2.05) is 6.92 Å². The Labute approximate surface area is 132 Å². The van der Waals surface area contributed by atoms with E-state index in [1.165, 1.54) is 0 Å². The molecule has 2 N–H and O–H groups in total. The molecule has 0 aliphatic heterocycles. The number of aliphatic hydroxyl groups excluding tert-OH is 1. The maximum Gasteiger partial charge on any atom is 0.192 e. The third-order valence-electron chi connectivity index (χ3n) is 6.05. The molecule has 21 heavy (non-hydrogen) atoms. The van der Waals surface area contributed by atoms with Crippen molar-refractivity contribution in [2.75, 3.05) is 6.61 Å². The highest BCUT2D eigenvalue weighted by molar-refractivity contribution is 6.74. The first-order valence-electron chi connectivity index (χ1n) is 8.27. The Morgan fingerprint density at radius 2 is 1.71 bits per heavy atom. The van der Waals surface area contributed by atoms with Gasteiger partial charge in [-0.2, -0.15) is 0 Å². The molecule has 0 aromatic heterocycles. The molecule has 0 saturated heterocycles. The summed E-state index contributed by atoms with van der Waals surface area (Å²) in [7, 11) is -1.82. The van der Waals surface area contributed by atoms with Crippen LogP contribution in [0.15, 0.2) is 0 Å². The zero-order valence-corrected chi connectivity index (χ0v) is 16.3. The fourth-order valence-electron chi connectivity index (χ4n) is 3.55. The molecule has 1 aliphatic carbocycles. The summed E-state index contributed by atoms with van der Waals surface area (Å²) in [5, 5.41) is 20.3. The monoisotopic (exact) mass is 316 g/mol. The second-order valence-electron chi connectivity index (χ2n) is 9.15. The van der Waals surface area contributed by atoms with Gasteiger partial charge in [-0.3, -0.25) is 0 Å². The molecule has 1 fully saturated rings. The van der Waals surface area contributed by atoms with Gasteiger partial charge in [0.05, 0.1) is 11.7 Å². The molecule has 3 atom stereocenters. The van der Waals surface area contributed by atoms with Crippen LogP contribution in [0.1, 0.15) is 60.8 Å². The van der Waals surface area contributed by atoms with Gasteiger partial charge in [-0.15, -0.1) is 0 Å². The van der Waals surface area contributed by atoms with Gasteiger partial charge in [0.2, 0.25) is 0 Å². The van der Waals surface area contributed by atoms with Crippen LogP contribution in [0.25, 0.3) is 0 Å². The van der Waals surface area contributed by atoms with Crippen molar-refractivity contribution in [2.24, 2.45) is 11.3 Å². The summed E-state index contributed by atoms with van der Waals surface area (Å²) < 4.78 is 6.67. The molecule has 0 unspecified atom stereocenters. The molecule has 1 rings (SSSR count). The van der Waals surface area contributed by atoms with E-state index in [0.29, 0.717) is 6.42 Å². The minimum atomic E-state index is -1.82. The van der Waals surface area contributed by atoms with Gasteiger partial charge in [0.1, 0.15) is 0 Å². The largest absolute Gasteiger partial charge is 0.413 e. The van der Waals surface area contributed by atoms with Crippen LogP contribution >= 0.6 is 0 Å². The van der Waals surface area contributed by atoms with Crippen LogP contribution in [0, 0.1) is 11.3 Å². The molecule has 1 saturated carbocycles. The molecule has 0 heterocycles. The molecule has 126 valence electrons. The Kier molecular flexibility index (Phi) is 5.42. The lowest BCUT2D eigenvalue weighted by molar-refractivity contribution is -0.143. The lowest BCUT2D eigenvalue weighted by Gasteiger charge is -2.54. The normalized spacial score (nSPS) is 34.0. The third-order valence-corrected chi connectivity index (χ3v) is 10.5. The highest BCUT2D eigenvalue weighted by atomic mass is 28.4. The molecular formula is C17H36O3Si. The van der Waals surface area contributed by atoms with E-state index < -0.39 is 13.9 Å². The van der Waals surface area contributed by atoms with E-state index >= 15 is 0 Å². The summed E-state index contributed by atoms with van der Waals surface area (Å²) >= 11 is 0. The smallest absolute Gasteiger partial charge is 0.192 e. The number of aliphatic hydroxyl groups is 2. The Morgan fingerprint density at radius 1 is 1.19 bits per heavy atom. The van der Waals surface area contributed by atoms with Gasteiger partial charge in [-0.25, -0.2) is 0 Å². The second-order valence-corrected chi connectivity index (χ2v) is 13.9. The molecule has 0 aromatic rings. The molecule has 0 aromatic carbocycles. The molecular weight excluding hydrogens is 280 g/mol. The molecule has 0 spiro atoms. The zero-order valence-electron chi connectivity index (χ0n) is 15.3. The standard InChI is InChI=1S/C17H36O3Si/c1-15(2,3)21(7,8)20-14-9-11-17(6,19)13(10-12-18)16(14,4)5/h13-14,18-19H,9-12H2,1-8H3/t13-,14+,17-/m1/s1. The lowest BCUT2D eigenvalue weighted by atomic mass is 9.59. The summed E-state index contributed by atoms with van der Waals surface area (Å²) in [5.41, 5.74) is -0.834. The fraction of sp³-hybridized carbons (Fsp3) is 1.00. The molecule has 3 nitrogen and oxygen atoms in total. The van der Waals surface area contributed by atoms with Crippen molar-refractivity contribution >= 4 is 8.32 Å². The van der Waals surface area contributed by atoms with Gasteiger partial charge in [0.15, 0.2) is 8.32 Å². The number of hydrogen-bond acceptors (Lipinski definition) is 3. The summed E-state index contributed by atoms with van der Waals surface area (Å²) in [6, 6.07) is 0. The summed E-state index contributed by atoms with van der Waals surface area (Å²) in [6.45, 7) is 17.8. The molecule has 4 heteroatoms. The van der Waals surface area contributed by atoms with Crippen LogP contribution in [-0.4, -0.2) is 36.8 Å². The average Bonchev–Trinajstić information content (AvgIpc) is 2.27. The van der Waals surface area contributed by atoms with Crippen LogP contribution < -0.4 is 0 Å². The van der Waals surface area contributed by atoms with E-state index in [2.05, 4.69) is 47.7 Å². The average molecular weight is 317 g/mol. The van der Waals surface area contributed by atoms with Crippen LogP contribution in [-0.2, 0) is 4.43 Å². The van der Waals surface area contributed by atoms with Crippen LogP contribution in [0.2, 0.25) is 18.1 Å². The second kappa shape index (κ2) is 5.95. The molecule has 0 amide bonds. The van der Waals surface area contributed by atoms with Crippen molar-refractivity contribution < 1.29 is 14.6 Å². The van der Waals surface area contributed by atoms with E-state index in [-0.39, 0.29) is 29.1 Å². The van der Waals surface area contributed by atoms with Crippen molar-refractivity contribution in [1.29, 1.82) is 0 Å². The predicted octanol–water partition coefficient (Wildman–Crippen LogP) is 3.95. The van der Waals surface area contributed by atoms with Gasteiger partial charge in [0, 0.05) is 6.61 Å². The Balaban J connectivity index is 3.00. The van der Waals surface area contributed by atoms with E-state index in [1.54, 1.807) is 0 Å². The van der Waals surface area contributed by atoms with Crippen molar-refractivity contribution in [3.05, 3.63) is 0 Å². The highest BCUT2D eigenvalue weighted by Crippen LogP contribution is 2.51. The van der Waals surface area contributed by atoms with Crippen molar-refractivity contribution in [1.82, 2.24) is 0 Å². The van der Waals surface area contributed by atoms with Crippen LogP contribution in [0.5, 0.6) is 0 Å². The first-order valence-corrected chi connectivity index (χ1v) is 11.2. The van der Waals surface area contributed by atoms with Gasteiger partial charge in [0.25, 0.3) is 0 Å². The summed E-state index contributed by atoms with van der Waals surface area (Å²) in [5.74, 6) is 0.0681. The first kappa shape index (κ1) is 19.1. The van der Waals surface area contributed by atoms with E-state index in [0.717, 1.165) is 12.8 Å². The number of hydrogen-bond donors (Lipinski definition) is 2.